The lowest BCUT2D eigenvalue weighted by molar-refractivity contribution is -0.129. The van der Waals surface area contributed by atoms with Gasteiger partial charge < -0.3 is 9.47 Å². The maximum Gasteiger partial charge on any atom is 0.264 e. The zero-order chi connectivity index (χ0) is 19.3. The third kappa shape index (κ3) is 4.87. The summed E-state index contributed by atoms with van der Waals surface area (Å²) >= 11 is 0. The summed E-state index contributed by atoms with van der Waals surface area (Å²) in [6, 6.07) is 15.7. The smallest absolute Gasteiger partial charge is 0.264 e. The summed E-state index contributed by atoms with van der Waals surface area (Å²) in [5.41, 5.74) is 1.02. The molecule has 7 heteroatoms. The van der Waals surface area contributed by atoms with Crippen molar-refractivity contribution in [3.63, 3.8) is 0 Å². The van der Waals surface area contributed by atoms with Crippen molar-refractivity contribution >= 4 is 15.9 Å². The third-order valence-electron chi connectivity index (χ3n) is 4.61. The van der Waals surface area contributed by atoms with E-state index in [2.05, 4.69) is 4.72 Å². The molecular formula is C20H23NO5S. The molecule has 0 radical (unpaired) electrons. The highest BCUT2D eigenvalue weighted by Crippen LogP contribution is 2.24. The van der Waals surface area contributed by atoms with Crippen LogP contribution in [0.4, 0.5) is 0 Å². The Balaban J connectivity index is 1.62. The predicted octanol–water partition coefficient (Wildman–Crippen LogP) is 2.89. The van der Waals surface area contributed by atoms with Crippen molar-refractivity contribution in [2.75, 3.05) is 6.61 Å². The zero-order valence-electron chi connectivity index (χ0n) is 15.1. The molecule has 0 aliphatic carbocycles. The van der Waals surface area contributed by atoms with Gasteiger partial charge in [0.1, 0.15) is 18.5 Å². The van der Waals surface area contributed by atoms with Gasteiger partial charge in [0, 0.05) is 6.61 Å². The van der Waals surface area contributed by atoms with Crippen molar-refractivity contribution in [3.8, 4) is 5.75 Å². The Hall–Kier alpha value is -2.38. The maximum absolute atomic E-state index is 12.5. The topological polar surface area (TPSA) is 81.7 Å². The fourth-order valence-corrected chi connectivity index (χ4v) is 4.04. The lowest BCUT2D eigenvalue weighted by atomic mass is 9.98. The summed E-state index contributed by atoms with van der Waals surface area (Å²) in [5, 5.41) is 0. The second-order valence-corrected chi connectivity index (χ2v) is 8.15. The van der Waals surface area contributed by atoms with Crippen molar-refractivity contribution in [3.05, 3.63) is 60.2 Å². The van der Waals surface area contributed by atoms with Crippen LogP contribution in [0.15, 0.2) is 59.5 Å². The molecule has 6 nitrogen and oxygen atoms in total. The van der Waals surface area contributed by atoms with Crippen LogP contribution in [0.3, 0.4) is 0 Å². The highest BCUT2D eigenvalue weighted by molar-refractivity contribution is 7.90. The first kappa shape index (κ1) is 19.4. The molecule has 3 rings (SSSR count). The maximum atomic E-state index is 12.5. The van der Waals surface area contributed by atoms with Crippen LogP contribution in [-0.2, 0) is 26.2 Å². The van der Waals surface area contributed by atoms with Gasteiger partial charge in [0.25, 0.3) is 15.9 Å². The molecule has 1 aliphatic heterocycles. The number of benzene rings is 2. The van der Waals surface area contributed by atoms with E-state index in [0.717, 1.165) is 18.4 Å². The SMILES string of the molecule is CC[C@@H]1CCO[C@@H]1C(=O)NS(=O)(=O)c1ccc(OCc2ccccc2)cc1. The van der Waals surface area contributed by atoms with Crippen LogP contribution in [0.1, 0.15) is 25.3 Å². The monoisotopic (exact) mass is 389 g/mol. The van der Waals surface area contributed by atoms with Gasteiger partial charge >= 0.3 is 0 Å². The number of nitrogens with one attached hydrogen (secondary N) is 1. The Morgan fingerprint density at radius 1 is 1.15 bits per heavy atom. The van der Waals surface area contributed by atoms with E-state index in [9.17, 15) is 13.2 Å². The first-order chi connectivity index (χ1) is 13.0. The fraction of sp³-hybridized carbons (Fsp3) is 0.350. The van der Waals surface area contributed by atoms with Crippen LogP contribution in [-0.4, -0.2) is 27.0 Å². The Kier molecular flexibility index (Phi) is 6.13. The number of carbonyl (C=O) groups is 1. The quantitative estimate of drug-likeness (QED) is 0.787. The van der Waals surface area contributed by atoms with E-state index in [1.54, 1.807) is 12.1 Å². The van der Waals surface area contributed by atoms with Gasteiger partial charge in [-0.3, -0.25) is 4.79 Å². The first-order valence-electron chi connectivity index (χ1n) is 8.94. The minimum absolute atomic E-state index is 0.00829. The minimum Gasteiger partial charge on any atom is -0.489 e. The highest BCUT2D eigenvalue weighted by Gasteiger charge is 2.35. The van der Waals surface area contributed by atoms with E-state index in [0.29, 0.717) is 19.0 Å². The van der Waals surface area contributed by atoms with Crippen LogP contribution >= 0.6 is 0 Å². The van der Waals surface area contributed by atoms with Crippen molar-refractivity contribution in [1.29, 1.82) is 0 Å². The summed E-state index contributed by atoms with van der Waals surface area (Å²) in [4.78, 5) is 12.3. The van der Waals surface area contributed by atoms with Gasteiger partial charge in [0.05, 0.1) is 4.90 Å². The number of hydrogen-bond donors (Lipinski definition) is 1. The average Bonchev–Trinajstić information content (AvgIpc) is 3.16. The molecular weight excluding hydrogens is 366 g/mol. The molecule has 0 unspecified atom stereocenters. The molecule has 144 valence electrons. The highest BCUT2D eigenvalue weighted by atomic mass is 32.2. The van der Waals surface area contributed by atoms with Crippen molar-refractivity contribution in [2.24, 2.45) is 5.92 Å². The van der Waals surface area contributed by atoms with Gasteiger partial charge in [-0.15, -0.1) is 0 Å². The molecule has 2 aromatic carbocycles. The Morgan fingerprint density at radius 2 is 1.85 bits per heavy atom. The molecule has 1 aliphatic rings. The Bertz CT molecular complexity index is 865. The van der Waals surface area contributed by atoms with Gasteiger partial charge in [0.2, 0.25) is 0 Å². The number of rotatable bonds is 7. The average molecular weight is 389 g/mol. The van der Waals surface area contributed by atoms with Crippen LogP contribution in [0.5, 0.6) is 5.75 Å². The number of sulfonamides is 1. The third-order valence-corrected chi connectivity index (χ3v) is 5.98. The molecule has 1 fully saturated rings. The molecule has 1 amide bonds. The number of carbonyl (C=O) groups excluding carboxylic acids is 1. The normalized spacial score (nSPS) is 19.6. The van der Waals surface area contributed by atoms with Crippen LogP contribution < -0.4 is 9.46 Å². The lowest BCUT2D eigenvalue weighted by Crippen LogP contribution is -2.41. The molecule has 0 aromatic heterocycles. The van der Waals surface area contributed by atoms with Crippen LogP contribution in [0.2, 0.25) is 0 Å². The predicted molar refractivity (Wildman–Crippen MR) is 101 cm³/mol. The van der Waals surface area contributed by atoms with Gasteiger partial charge in [-0.2, -0.15) is 0 Å². The Morgan fingerprint density at radius 3 is 2.52 bits per heavy atom. The second-order valence-electron chi connectivity index (χ2n) is 6.46. The van der Waals surface area contributed by atoms with Gasteiger partial charge in [-0.05, 0) is 42.2 Å². The van der Waals surface area contributed by atoms with Crippen molar-refractivity contribution in [2.45, 2.75) is 37.4 Å². The second kappa shape index (κ2) is 8.54. The van der Waals surface area contributed by atoms with Crippen molar-refractivity contribution in [1.82, 2.24) is 4.72 Å². The molecule has 27 heavy (non-hydrogen) atoms. The molecule has 1 N–H and O–H groups in total. The first-order valence-corrected chi connectivity index (χ1v) is 10.4. The van der Waals surface area contributed by atoms with E-state index in [1.807, 2.05) is 37.3 Å². The lowest BCUT2D eigenvalue weighted by Gasteiger charge is -2.16. The summed E-state index contributed by atoms with van der Waals surface area (Å²) in [5.74, 6) is -0.00739. The molecule has 0 saturated carbocycles. The molecule has 2 aromatic rings. The summed E-state index contributed by atoms with van der Waals surface area (Å²) < 4.78 is 38.1. The van der Waals surface area contributed by atoms with E-state index in [4.69, 9.17) is 9.47 Å². The van der Waals surface area contributed by atoms with Crippen LogP contribution in [0.25, 0.3) is 0 Å². The number of hydrogen-bond acceptors (Lipinski definition) is 5. The molecule has 1 heterocycles. The summed E-state index contributed by atoms with van der Waals surface area (Å²) in [6.45, 7) is 2.83. The zero-order valence-corrected chi connectivity index (χ0v) is 15.9. The largest absolute Gasteiger partial charge is 0.489 e. The van der Waals surface area contributed by atoms with Gasteiger partial charge in [0.15, 0.2) is 0 Å². The fourth-order valence-electron chi connectivity index (χ4n) is 3.05. The molecule has 0 bridgehead atoms. The standard InChI is InChI=1S/C20H23NO5S/c1-2-16-12-13-25-19(16)20(22)21-27(23,24)18-10-8-17(9-11-18)26-14-15-6-4-3-5-7-15/h3-11,16,19H,2,12-14H2,1H3,(H,21,22)/t16-,19+/m1/s1. The van der Waals surface area contributed by atoms with E-state index in [1.165, 1.54) is 12.1 Å². The van der Waals surface area contributed by atoms with Crippen LogP contribution in [0, 0.1) is 5.92 Å². The van der Waals surface area contributed by atoms with E-state index in [-0.39, 0.29) is 10.8 Å². The summed E-state index contributed by atoms with van der Waals surface area (Å²) in [6.07, 6.45) is 0.825. The molecule has 0 spiro atoms. The minimum atomic E-state index is -3.95. The Labute approximate surface area is 159 Å². The summed E-state index contributed by atoms with van der Waals surface area (Å²) in [7, 11) is -3.95. The molecule has 2 atom stereocenters. The van der Waals surface area contributed by atoms with Crippen molar-refractivity contribution < 1.29 is 22.7 Å². The number of amides is 1. The van der Waals surface area contributed by atoms with E-state index < -0.39 is 22.0 Å². The molecule has 1 saturated heterocycles. The van der Waals surface area contributed by atoms with Gasteiger partial charge in [-0.25, -0.2) is 13.1 Å². The number of ether oxygens (including phenoxy) is 2. The van der Waals surface area contributed by atoms with Gasteiger partial charge in [-0.1, -0.05) is 43.7 Å². The van der Waals surface area contributed by atoms with E-state index >= 15 is 0 Å².